The van der Waals surface area contributed by atoms with E-state index in [1.807, 2.05) is 12.1 Å². The zero-order chi connectivity index (χ0) is 20.2. The Morgan fingerprint density at radius 3 is 2.76 bits per heavy atom. The van der Waals surface area contributed by atoms with Crippen molar-refractivity contribution in [2.24, 2.45) is 11.1 Å². The number of aryl methyl sites for hydroxylation is 1. The minimum absolute atomic E-state index is 0.129. The average Bonchev–Trinajstić information content (AvgIpc) is 3.29. The Morgan fingerprint density at radius 1 is 1.07 bits per heavy atom. The number of hydrogen-bond acceptors (Lipinski definition) is 6. The van der Waals surface area contributed by atoms with Crippen LogP contribution in [0.3, 0.4) is 0 Å². The molecule has 1 saturated heterocycles. The van der Waals surface area contributed by atoms with Gasteiger partial charge in [-0.25, -0.2) is 0 Å². The van der Waals surface area contributed by atoms with E-state index in [9.17, 15) is 0 Å². The van der Waals surface area contributed by atoms with Crippen LogP contribution in [0.1, 0.15) is 16.7 Å². The van der Waals surface area contributed by atoms with E-state index in [4.69, 9.17) is 19.0 Å². The maximum atomic E-state index is 5.76. The van der Waals surface area contributed by atoms with E-state index >= 15 is 0 Å². The first kappa shape index (κ1) is 19.7. The van der Waals surface area contributed by atoms with E-state index in [1.165, 1.54) is 16.7 Å². The van der Waals surface area contributed by atoms with Crippen molar-refractivity contribution in [3.63, 3.8) is 0 Å². The van der Waals surface area contributed by atoms with E-state index in [0.717, 1.165) is 36.8 Å². The molecule has 2 atom stereocenters. The smallest absolute Gasteiger partial charge is 0.161 e. The van der Waals surface area contributed by atoms with Crippen molar-refractivity contribution >= 4 is 5.71 Å². The Balaban J connectivity index is 1.41. The lowest BCUT2D eigenvalue weighted by Crippen LogP contribution is -2.23. The van der Waals surface area contributed by atoms with Gasteiger partial charge in [-0.1, -0.05) is 41.1 Å². The second-order valence-electron chi connectivity index (χ2n) is 7.62. The van der Waals surface area contributed by atoms with Crippen LogP contribution in [0.5, 0.6) is 11.5 Å². The molecule has 0 aromatic heterocycles. The molecular weight excluding hydrogens is 368 g/mol. The summed E-state index contributed by atoms with van der Waals surface area (Å²) in [4.78, 5) is 8.18. The fourth-order valence-corrected chi connectivity index (χ4v) is 4.04. The predicted octanol–water partition coefficient (Wildman–Crippen LogP) is 3.26. The average molecular weight is 396 g/mol. The highest BCUT2D eigenvalue weighted by molar-refractivity contribution is 6.03. The van der Waals surface area contributed by atoms with Crippen LogP contribution in [-0.4, -0.2) is 57.2 Å². The van der Waals surface area contributed by atoms with Gasteiger partial charge in [-0.15, -0.1) is 0 Å². The van der Waals surface area contributed by atoms with Crippen molar-refractivity contribution < 1.29 is 19.0 Å². The van der Waals surface area contributed by atoms with E-state index in [1.54, 1.807) is 14.2 Å². The van der Waals surface area contributed by atoms with Crippen LogP contribution >= 0.6 is 0 Å². The third kappa shape index (κ3) is 4.38. The molecule has 0 radical (unpaired) electrons. The molecule has 1 fully saturated rings. The van der Waals surface area contributed by atoms with Crippen molar-refractivity contribution in [3.05, 3.63) is 59.2 Å². The number of benzene rings is 2. The summed E-state index contributed by atoms with van der Waals surface area (Å²) in [5, 5.41) is 4.39. The molecule has 0 N–H and O–H groups in total. The first-order chi connectivity index (χ1) is 14.2. The van der Waals surface area contributed by atoms with Crippen molar-refractivity contribution in [1.29, 1.82) is 0 Å². The molecule has 2 unspecified atom stereocenters. The van der Waals surface area contributed by atoms with E-state index in [2.05, 4.69) is 47.3 Å². The molecule has 2 aromatic rings. The Bertz CT molecular complexity index is 883. The van der Waals surface area contributed by atoms with Crippen molar-refractivity contribution in [1.82, 2.24) is 4.90 Å². The molecule has 0 amide bonds. The normalized spacial score (nSPS) is 20.9. The van der Waals surface area contributed by atoms with Gasteiger partial charge in [0.1, 0.15) is 12.7 Å². The van der Waals surface area contributed by atoms with Crippen LogP contribution in [0.4, 0.5) is 0 Å². The van der Waals surface area contributed by atoms with Crippen LogP contribution in [0.2, 0.25) is 0 Å². The van der Waals surface area contributed by atoms with Crippen LogP contribution in [0.25, 0.3) is 0 Å². The highest BCUT2D eigenvalue weighted by atomic mass is 16.6. The topological polar surface area (TPSA) is 52.5 Å². The largest absolute Gasteiger partial charge is 0.493 e. The molecule has 2 aromatic carbocycles. The number of methoxy groups -OCH3 is 2. The number of hydrogen-bond donors (Lipinski definition) is 0. The highest BCUT2D eigenvalue weighted by Crippen LogP contribution is 2.33. The first-order valence-corrected chi connectivity index (χ1v) is 9.99. The Morgan fingerprint density at radius 2 is 1.97 bits per heavy atom. The molecule has 4 rings (SSSR count). The van der Waals surface area contributed by atoms with Crippen LogP contribution in [0, 0.1) is 12.8 Å². The standard InChI is InChI=1S/C23H28N2O4/c1-16-5-4-6-18(11-16)23-19-14-25(15-22(19)29-24-23)13-17-7-8-20(21(12-17)27-3)28-10-9-26-2/h4-8,11-12,19,22H,9-10,13-15H2,1-3H3. The molecule has 29 heavy (non-hydrogen) atoms. The summed E-state index contributed by atoms with van der Waals surface area (Å²) in [5.41, 5.74) is 4.66. The molecule has 2 heterocycles. The summed E-state index contributed by atoms with van der Waals surface area (Å²) >= 11 is 0. The summed E-state index contributed by atoms with van der Waals surface area (Å²) < 4.78 is 16.3. The Labute approximate surface area is 172 Å². The van der Waals surface area contributed by atoms with Gasteiger partial charge in [0.25, 0.3) is 0 Å². The van der Waals surface area contributed by atoms with Gasteiger partial charge in [-0.3, -0.25) is 4.90 Å². The lowest BCUT2D eigenvalue weighted by Gasteiger charge is -2.18. The minimum Gasteiger partial charge on any atom is -0.493 e. The zero-order valence-corrected chi connectivity index (χ0v) is 17.3. The van der Waals surface area contributed by atoms with E-state index in [-0.39, 0.29) is 6.10 Å². The minimum atomic E-state index is 0.129. The van der Waals surface area contributed by atoms with Gasteiger partial charge in [0.2, 0.25) is 0 Å². The van der Waals surface area contributed by atoms with Gasteiger partial charge < -0.3 is 19.0 Å². The monoisotopic (exact) mass is 396 g/mol. The van der Waals surface area contributed by atoms with Crippen molar-refractivity contribution in [3.8, 4) is 11.5 Å². The molecule has 0 bridgehead atoms. The lowest BCUT2D eigenvalue weighted by atomic mass is 9.94. The third-order valence-electron chi connectivity index (χ3n) is 5.47. The molecular formula is C23H28N2O4. The number of likely N-dealkylation sites (tertiary alicyclic amines) is 1. The second kappa shape index (κ2) is 8.84. The Kier molecular flexibility index (Phi) is 6.02. The van der Waals surface area contributed by atoms with E-state index in [0.29, 0.717) is 19.1 Å². The third-order valence-corrected chi connectivity index (χ3v) is 5.47. The predicted molar refractivity (Wildman–Crippen MR) is 112 cm³/mol. The number of fused-ring (bicyclic) bond motifs is 1. The Hall–Kier alpha value is -2.57. The van der Waals surface area contributed by atoms with E-state index < -0.39 is 0 Å². The SMILES string of the molecule is COCCOc1ccc(CN2CC3ON=C(c4cccc(C)c4)C3C2)cc1OC. The van der Waals surface area contributed by atoms with Gasteiger partial charge in [0, 0.05) is 32.3 Å². The molecule has 154 valence electrons. The van der Waals surface area contributed by atoms with Crippen LogP contribution < -0.4 is 9.47 Å². The number of rotatable bonds is 8. The van der Waals surface area contributed by atoms with Crippen molar-refractivity contribution in [2.45, 2.75) is 19.6 Å². The molecule has 0 saturated carbocycles. The molecule has 0 aliphatic carbocycles. The highest BCUT2D eigenvalue weighted by Gasteiger charge is 2.42. The quantitative estimate of drug-likeness (QED) is 0.641. The van der Waals surface area contributed by atoms with Gasteiger partial charge >= 0.3 is 0 Å². The lowest BCUT2D eigenvalue weighted by molar-refractivity contribution is 0.0745. The van der Waals surface area contributed by atoms with Gasteiger partial charge in [0.05, 0.1) is 25.3 Å². The summed E-state index contributed by atoms with van der Waals surface area (Å²) in [5.74, 6) is 1.80. The molecule has 2 aliphatic rings. The number of nitrogens with zero attached hydrogens (tertiary/aromatic N) is 2. The zero-order valence-electron chi connectivity index (χ0n) is 17.3. The van der Waals surface area contributed by atoms with Crippen molar-refractivity contribution in [2.75, 3.05) is 40.5 Å². The maximum Gasteiger partial charge on any atom is 0.161 e. The summed E-state index contributed by atoms with van der Waals surface area (Å²) in [6.07, 6.45) is 0.129. The van der Waals surface area contributed by atoms with Gasteiger partial charge in [-0.05, 0) is 24.6 Å². The second-order valence-corrected chi connectivity index (χ2v) is 7.62. The molecule has 2 aliphatic heterocycles. The number of ether oxygens (including phenoxy) is 3. The number of oxime groups is 1. The molecule has 6 heteroatoms. The molecule has 6 nitrogen and oxygen atoms in total. The van der Waals surface area contributed by atoms with Gasteiger partial charge in [-0.2, -0.15) is 0 Å². The van der Waals surface area contributed by atoms with Crippen LogP contribution in [-0.2, 0) is 16.1 Å². The fourth-order valence-electron chi connectivity index (χ4n) is 4.04. The molecule has 0 spiro atoms. The summed E-state index contributed by atoms with van der Waals surface area (Å²) in [7, 11) is 3.33. The summed E-state index contributed by atoms with van der Waals surface area (Å²) in [6, 6.07) is 14.6. The maximum absolute atomic E-state index is 5.76. The first-order valence-electron chi connectivity index (χ1n) is 9.99. The van der Waals surface area contributed by atoms with Gasteiger partial charge in [0.15, 0.2) is 11.5 Å². The fraction of sp³-hybridized carbons (Fsp3) is 0.435. The summed E-state index contributed by atoms with van der Waals surface area (Å²) in [6.45, 7) is 5.80. The van der Waals surface area contributed by atoms with Crippen LogP contribution in [0.15, 0.2) is 47.6 Å².